The van der Waals surface area contributed by atoms with E-state index in [0.29, 0.717) is 0 Å². The van der Waals surface area contributed by atoms with Crippen molar-refractivity contribution in [2.45, 2.75) is 18.1 Å². The van der Waals surface area contributed by atoms with Gasteiger partial charge in [-0.25, -0.2) is 20.1 Å². The fraction of sp³-hybridized carbons (Fsp3) is 0.333. The van der Waals surface area contributed by atoms with E-state index in [1.807, 2.05) is 0 Å². The third kappa shape index (κ3) is 1.70. The predicted octanol–water partition coefficient (Wildman–Crippen LogP) is 3.23. The summed E-state index contributed by atoms with van der Waals surface area (Å²) in [7, 11) is 1.15. The van der Waals surface area contributed by atoms with Crippen LogP contribution in [-0.2, 0) is 10.3 Å². The molecule has 0 aliphatic heterocycles. The van der Waals surface area contributed by atoms with E-state index in [2.05, 4.69) is 25.5 Å². The number of methoxy groups -OCH3 is 1. The van der Waals surface area contributed by atoms with E-state index in [1.54, 1.807) is 0 Å². The smallest absolute Gasteiger partial charge is 0.338 e. The van der Waals surface area contributed by atoms with Crippen LogP contribution in [0.1, 0.15) is 22.3 Å². The molecule has 18 heavy (non-hydrogen) atoms. The number of benzene rings is 1. The van der Waals surface area contributed by atoms with Crippen molar-refractivity contribution >= 4 is 21.9 Å². The summed E-state index contributed by atoms with van der Waals surface area (Å²) < 4.78 is 32.1. The van der Waals surface area contributed by atoms with E-state index < -0.39 is 23.5 Å². The van der Waals surface area contributed by atoms with Crippen LogP contribution < -0.4 is 0 Å². The number of hydrogen-bond donors (Lipinski definition) is 0. The number of carbonyl (C=O) groups is 1. The molecule has 0 N–H and O–H groups in total. The van der Waals surface area contributed by atoms with E-state index in [-0.39, 0.29) is 22.0 Å². The lowest BCUT2D eigenvalue weighted by atomic mass is 9.98. The Labute approximate surface area is 111 Å². The minimum atomic E-state index is -1.59. The number of ether oxygens (including phenoxy) is 1. The van der Waals surface area contributed by atoms with Crippen LogP contribution in [-0.4, -0.2) is 19.3 Å². The van der Waals surface area contributed by atoms with Gasteiger partial charge in [0.15, 0.2) is 6.17 Å². The highest BCUT2D eigenvalue weighted by Crippen LogP contribution is 2.54. The second-order valence-corrected chi connectivity index (χ2v) is 4.84. The highest BCUT2D eigenvalue weighted by molar-refractivity contribution is 9.10. The van der Waals surface area contributed by atoms with Crippen LogP contribution in [0.3, 0.4) is 0 Å². The largest absolute Gasteiger partial charge is 0.465 e. The minimum Gasteiger partial charge on any atom is -0.465 e. The van der Waals surface area contributed by atoms with Crippen LogP contribution in [0.2, 0.25) is 0 Å². The predicted molar refractivity (Wildman–Crippen MR) is 63.2 cm³/mol. The fourth-order valence-corrected chi connectivity index (χ4v) is 2.23. The van der Waals surface area contributed by atoms with Crippen molar-refractivity contribution in [3.05, 3.63) is 45.0 Å². The molecular formula is C12H8BrF2NO2. The first-order valence-electron chi connectivity index (χ1n) is 5.07. The van der Waals surface area contributed by atoms with Gasteiger partial charge >= 0.3 is 5.97 Å². The van der Waals surface area contributed by atoms with Crippen molar-refractivity contribution in [3.8, 4) is 0 Å². The Bertz CT molecular complexity index is 570. The first-order chi connectivity index (χ1) is 8.47. The van der Waals surface area contributed by atoms with Gasteiger partial charge in [-0.05, 0) is 28.1 Å². The number of hydrogen-bond acceptors (Lipinski definition) is 2. The van der Waals surface area contributed by atoms with E-state index in [1.165, 1.54) is 12.1 Å². The lowest BCUT2D eigenvalue weighted by Gasteiger charge is -2.11. The quantitative estimate of drug-likeness (QED) is 0.619. The van der Waals surface area contributed by atoms with Gasteiger partial charge < -0.3 is 9.58 Å². The highest BCUT2D eigenvalue weighted by atomic mass is 79.9. The Morgan fingerprint density at radius 3 is 2.72 bits per heavy atom. The fourth-order valence-electron chi connectivity index (χ4n) is 1.90. The van der Waals surface area contributed by atoms with Crippen LogP contribution in [0, 0.1) is 12.4 Å². The molecule has 2 rings (SSSR count). The second-order valence-electron chi connectivity index (χ2n) is 3.98. The summed E-state index contributed by atoms with van der Waals surface area (Å²) in [6.07, 6.45) is -1.56. The zero-order chi connectivity index (χ0) is 13.5. The molecule has 0 aromatic heterocycles. The van der Waals surface area contributed by atoms with Crippen LogP contribution in [0.25, 0.3) is 4.85 Å². The molecule has 1 fully saturated rings. The van der Waals surface area contributed by atoms with Gasteiger partial charge in [-0.15, -0.1) is 0 Å². The molecule has 1 aliphatic carbocycles. The Kier molecular flexibility index (Phi) is 3.11. The van der Waals surface area contributed by atoms with Gasteiger partial charge in [0.1, 0.15) is 5.82 Å². The summed E-state index contributed by atoms with van der Waals surface area (Å²) >= 11 is 2.97. The summed E-state index contributed by atoms with van der Waals surface area (Å²) in [4.78, 5) is 14.7. The monoisotopic (exact) mass is 315 g/mol. The Balaban J connectivity index is 2.68. The summed E-state index contributed by atoms with van der Waals surface area (Å²) in [5.74, 6) is -1.56. The molecule has 1 saturated carbocycles. The molecule has 0 unspecified atom stereocenters. The van der Waals surface area contributed by atoms with Crippen LogP contribution in [0.5, 0.6) is 0 Å². The highest BCUT2D eigenvalue weighted by Gasteiger charge is 2.68. The van der Waals surface area contributed by atoms with Gasteiger partial charge in [0.05, 0.1) is 29.1 Å². The Hall–Kier alpha value is -1.48. The van der Waals surface area contributed by atoms with Crippen LogP contribution in [0.4, 0.5) is 8.78 Å². The topological polar surface area (TPSA) is 30.7 Å². The maximum Gasteiger partial charge on any atom is 0.338 e. The van der Waals surface area contributed by atoms with Gasteiger partial charge in [-0.3, -0.25) is 0 Å². The lowest BCUT2D eigenvalue weighted by molar-refractivity contribution is 0.0598. The molecule has 1 aromatic carbocycles. The lowest BCUT2D eigenvalue weighted by Crippen LogP contribution is -2.16. The molecule has 0 spiro atoms. The number of esters is 1. The number of nitrogens with zero attached hydrogens (tertiary/aromatic N) is 1. The van der Waals surface area contributed by atoms with Crippen molar-refractivity contribution in [1.82, 2.24) is 0 Å². The van der Waals surface area contributed by atoms with Crippen molar-refractivity contribution in [2.75, 3.05) is 7.11 Å². The minimum absolute atomic E-state index is 0.0901. The van der Waals surface area contributed by atoms with Crippen molar-refractivity contribution < 1.29 is 18.3 Å². The summed E-state index contributed by atoms with van der Waals surface area (Å²) in [6.45, 7) is 7.05. The molecule has 0 amide bonds. The Morgan fingerprint density at radius 2 is 2.28 bits per heavy atom. The zero-order valence-electron chi connectivity index (χ0n) is 9.34. The normalized spacial score (nSPS) is 25.4. The maximum atomic E-state index is 14.1. The van der Waals surface area contributed by atoms with E-state index >= 15 is 0 Å². The molecule has 0 saturated heterocycles. The molecular weight excluding hydrogens is 308 g/mol. The third-order valence-electron chi connectivity index (χ3n) is 2.98. The van der Waals surface area contributed by atoms with Crippen molar-refractivity contribution in [3.63, 3.8) is 0 Å². The average molecular weight is 316 g/mol. The zero-order valence-corrected chi connectivity index (χ0v) is 10.9. The third-order valence-corrected chi connectivity index (χ3v) is 3.59. The van der Waals surface area contributed by atoms with Gasteiger partial charge in [-0.2, -0.15) is 0 Å². The Morgan fingerprint density at radius 1 is 1.67 bits per heavy atom. The molecule has 1 aromatic rings. The molecule has 3 nitrogen and oxygen atoms in total. The first-order valence-corrected chi connectivity index (χ1v) is 5.86. The summed E-state index contributed by atoms with van der Waals surface area (Å²) in [5.41, 5.74) is -1.90. The first kappa shape index (κ1) is 13.0. The van der Waals surface area contributed by atoms with E-state index in [9.17, 15) is 13.6 Å². The molecule has 94 valence electrons. The standard InChI is InChI=1S/C12H8BrF2NO2/c1-16-12(5-8(12)14)9-6(11(17)18-2)3-4-7(13)10(9)15/h3-4,8H,5H2,2H3/t8-,12+/m0/s1. The number of carbonyl (C=O) groups excluding carboxylic acids is 1. The summed E-state index contributed by atoms with van der Waals surface area (Å²) in [6, 6.07) is 2.66. The molecule has 0 bridgehead atoms. The summed E-state index contributed by atoms with van der Waals surface area (Å²) in [5, 5.41) is 0. The molecule has 0 heterocycles. The SMILES string of the molecule is [C-]#[N+][C@]1(c2c(C(=O)OC)ccc(Br)c2F)C[C@@H]1F. The van der Waals surface area contributed by atoms with Crippen LogP contribution >= 0.6 is 15.9 Å². The van der Waals surface area contributed by atoms with Crippen LogP contribution in [0.15, 0.2) is 16.6 Å². The number of rotatable bonds is 2. The van der Waals surface area contributed by atoms with Gasteiger partial charge in [-0.1, -0.05) is 0 Å². The average Bonchev–Trinajstić information content (AvgIpc) is 3.03. The van der Waals surface area contributed by atoms with E-state index in [0.717, 1.165) is 7.11 Å². The van der Waals surface area contributed by atoms with Gasteiger partial charge in [0.2, 0.25) is 0 Å². The molecule has 1 aliphatic rings. The van der Waals surface area contributed by atoms with Crippen molar-refractivity contribution in [2.24, 2.45) is 0 Å². The van der Waals surface area contributed by atoms with Gasteiger partial charge in [0, 0.05) is 0 Å². The number of alkyl halides is 1. The molecule has 6 heteroatoms. The second kappa shape index (κ2) is 4.32. The van der Waals surface area contributed by atoms with Crippen molar-refractivity contribution in [1.29, 1.82) is 0 Å². The van der Waals surface area contributed by atoms with Gasteiger partial charge in [0.25, 0.3) is 5.54 Å². The molecule has 2 atom stereocenters. The molecule has 0 radical (unpaired) electrons. The maximum absolute atomic E-state index is 14.1. The number of halogens is 3. The van der Waals surface area contributed by atoms with E-state index in [4.69, 9.17) is 6.57 Å².